The summed E-state index contributed by atoms with van der Waals surface area (Å²) in [5.41, 5.74) is 1.54. The van der Waals surface area contributed by atoms with Gasteiger partial charge < -0.3 is 15.7 Å². The molecule has 10 heteroatoms. The first kappa shape index (κ1) is 21.5. The Labute approximate surface area is 194 Å². The zero-order valence-corrected chi connectivity index (χ0v) is 18.7. The number of amides is 1. The van der Waals surface area contributed by atoms with E-state index < -0.39 is 5.60 Å². The fraction of sp³-hybridized carbons (Fsp3) is 0.208. The zero-order valence-electron chi connectivity index (χ0n) is 18.7. The van der Waals surface area contributed by atoms with E-state index in [1.807, 2.05) is 12.1 Å². The SMILES string of the molecule is C=CCn1c(=O)c2cnc(Nc3ccc4c(c3)C(=O)NC4)nc2n1-c1cccc(C(C)(C)O)n1. The highest BCUT2D eigenvalue weighted by Gasteiger charge is 2.22. The van der Waals surface area contributed by atoms with Crippen LogP contribution in [0.5, 0.6) is 0 Å². The molecule has 3 N–H and O–H groups in total. The van der Waals surface area contributed by atoms with Gasteiger partial charge in [-0.15, -0.1) is 6.58 Å². The summed E-state index contributed by atoms with van der Waals surface area (Å²) in [6, 6.07) is 10.7. The maximum atomic E-state index is 13.1. The van der Waals surface area contributed by atoms with Gasteiger partial charge in [0.1, 0.15) is 11.0 Å². The van der Waals surface area contributed by atoms with Crippen LogP contribution in [-0.4, -0.2) is 35.3 Å². The molecule has 0 aliphatic carbocycles. The summed E-state index contributed by atoms with van der Waals surface area (Å²) >= 11 is 0. The molecule has 0 bridgehead atoms. The van der Waals surface area contributed by atoms with Crippen molar-refractivity contribution >= 4 is 28.6 Å². The summed E-state index contributed by atoms with van der Waals surface area (Å²) in [5.74, 6) is 0.560. The number of nitrogens with one attached hydrogen (secondary N) is 2. The average Bonchev–Trinajstić information content (AvgIpc) is 3.31. The number of aliphatic hydroxyl groups is 1. The Bertz CT molecular complexity index is 1510. The molecule has 4 aromatic rings. The maximum absolute atomic E-state index is 13.1. The number of hydrogen-bond acceptors (Lipinski definition) is 7. The standard InChI is InChI=1S/C24H23N7O3/c1-4-10-30-22(33)17-13-26-23(27-15-9-8-14-12-25-21(32)16(14)11-15)29-20(17)31(30)19-7-5-6-18(28-19)24(2,3)34/h4-9,11,13,34H,1,10,12H2,2-3H3,(H,25,32)(H,26,27,29). The van der Waals surface area contributed by atoms with Gasteiger partial charge in [0.25, 0.3) is 11.5 Å². The Morgan fingerprint density at radius 2 is 2.06 bits per heavy atom. The molecule has 3 aromatic heterocycles. The van der Waals surface area contributed by atoms with Crippen molar-refractivity contribution in [2.75, 3.05) is 5.32 Å². The van der Waals surface area contributed by atoms with E-state index in [1.165, 1.54) is 10.9 Å². The molecule has 1 amide bonds. The van der Waals surface area contributed by atoms with E-state index in [0.717, 1.165) is 5.56 Å². The molecule has 34 heavy (non-hydrogen) atoms. The summed E-state index contributed by atoms with van der Waals surface area (Å²) in [6.07, 6.45) is 3.07. The van der Waals surface area contributed by atoms with Gasteiger partial charge in [-0.25, -0.2) is 19.3 Å². The van der Waals surface area contributed by atoms with Crippen LogP contribution in [0.1, 0.15) is 35.5 Å². The van der Waals surface area contributed by atoms with E-state index in [1.54, 1.807) is 48.9 Å². The summed E-state index contributed by atoms with van der Waals surface area (Å²) in [4.78, 5) is 38.6. The highest BCUT2D eigenvalue weighted by Crippen LogP contribution is 2.24. The number of benzene rings is 1. The van der Waals surface area contributed by atoms with E-state index in [9.17, 15) is 14.7 Å². The van der Waals surface area contributed by atoms with Crippen LogP contribution in [0.3, 0.4) is 0 Å². The third-order valence-electron chi connectivity index (χ3n) is 5.61. The molecule has 1 aromatic carbocycles. The number of carbonyl (C=O) groups is 1. The lowest BCUT2D eigenvalue weighted by Crippen LogP contribution is -2.23. The minimum Gasteiger partial charge on any atom is -0.384 e. The van der Waals surface area contributed by atoms with Crippen LogP contribution in [0.4, 0.5) is 11.6 Å². The van der Waals surface area contributed by atoms with Crippen LogP contribution >= 0.6 is 0 Å². The van der Waals surface area contributed by atoms with Gasteiger partial charge in [-0.1, -0.05) is 18.2 Å². The maximum Gasteiger partial charge on any atom is 0.278 e. The van der Waals surface area contributed by atoms with Crippen LogP contribution in [-0.2, 0) is 18.7 Å². The number of rotatable bonds is 6. The Hall–Kier alpha value is -4.31. The molecule has 0 spiro atoms. The van der Waals surface area contributed by atoms with Gasteiger partial charge in [-0.05, 0) is 43.7 Å². The van der Waals surface area contributed by atoms with Crippen LogP contribution in [0.2, 0.25) is 0 Å². The second-order valence-corrected chi connectivity index (χ2v) is 8.54. The molecule has 0 saturated heterocycles. The minimum absolute atomic E-state index is 0.122. The van der Waals surface area contributed by atoms with Crippen molar-refractivity contribution in [1.82, 2.24) is 29.6 Å². The highest BCUT2D eigenvalue weighted by atomic mass is 16.3. The molecular formula is C24H23N7O3. The van der Waals surface area contributed by atoms with Crippen molar-refractivity contribution in [2.24, 2.45) is 0 Å². The normalized spacial score (nSPS) is 13.1. The van der Waals surface area contributed by atoms with Gasteiger partial charge in [0.2, 0.25) is 5.95 Å². The molecule has 0 atom stereocenters. The Balaban J connectivity index is 1.64. The van der Waals surface area contributed by atoms with Crippen LogP contribution < -0.4 is 16.2 Å². The molecule has 5 rings (SSSR count). The topological polar surface area (TPSA) is 127 Å². The van der Waals surface area contributed by atoms with Crippen molar-refractivity contribution in [3.63, 3.8) is 0 Å². The molecule has 0 radical (unpaired) electrons. The fourth-order valence-corrected chi connectivity index (χ4v) is 3.91. The molecule has 4 heterocycles. The van der Waals surface area contributed by atoms with E-state index in [0.29, 0.717) is 40.3 Å². The first-order chi connectivity index (χ1) is 16.3. The summed E-state index contributed by atoms with van der Waals surface area (Å²) in [6.45, 7) is 7.78. The second-order valence-electron chi connectivity index (χ2n) is 8.54. The quantitative estimate of drug-likeness (QED) is 0.379. The second kappa shape index (κ2) is 7.92. The number of aromatic nitrogens is 5. The lowest BCUT2D eigenvalue weighted by atomic mass is 10.1. The number of allylic oxidation sites excluding steroid dienone is 1. The van der Waals surface area contributed by atoms with Crippen molar-refractivity contribution in [1.29, 1.82) is 0 Å². The van der Waals surface area contributed by atoms with Crippen LogP contribution in [0.15, 0.2) is 60.0 Å². The van der Waals surface area contributed by atoms with Crippen molar-refractivity contribution in [2.45, 2.75) is 32.5 Å². The number of pyridine rings is 1. The molecule has 0 saturated carbocycles. The Morgan fingerprint density at radius 3 is 2.82 bits per heavy atom. The number of carbonyl (C=O) groups excluding carboxylic acids is 1. The molecule has 172 valence electrons. The summed E-state index contributed by atoms with van der Waals surface area (Å²) in [7, 11) is 0. The van der Waals surface area contributed by atoms with Gasteiger partial charge in [0.05, 0.1) is 12.2 Å². The fourth-order valence-electron chi connectivity index (χ4n) is 3.91. The predicted molar refractivity (Wildman–Crippen MR) is 127 cm³/mol. The van der Waals surface area contributed by atoms with Gasteiger partial charge in [-0.2, -0.15) is 4.98 Å². The first-order valence-electron chi connectivity index (χ1n) is 10.7. The molecule has 10 nitrogen and oxygen atoms in total. The number of hydrogen-bond donors (Lipinski definition) is 3. The third-order valence-corrected chi connectivity index (χ3v) is 5.61. The van der Waals surface area contributed by atoms with E-state index >= 15 is 0 Å². The van der Waals surface area contributed by atoms with Gasteiger partial charge in [0.15, 0.2) is 11.5 Å². The molecule has 1 aliphatic heterocycles. The zero-order chi connectivity index (χ0) is 24.0. The number of fused-ring (bicyclic) bond motifs is 2. The third kappa shape index (κ3) is 3.63. The van der Waals surface area contributed by atoms with Gasteiger partial charge >= 0.3 is 0 Å². The Morgan fingerprint density at radius 1 is 1.24 bits per heavy atom. The molecule has 1 aliphatic rings. The van der Waals surface area contributed by atoms with Crippen LogP contribution in [0, 0.1) is 0 Å². The van der Waals surface area contributed by atoms with Crippen molar-refractivity contribution in [3.05, 3.63) is 82.4 Å². The average molecular weight is 457 g/mol. The van der Waals surface area contributed by atoms with Crippen molar-refractivity contribution < 1.29 is 9.90 Å². The summed E-state index contributed by atoms with van der Waals surface area (Å²) in [5, 5.41) is 16.6. The largest absolute Gasteiger partial charge is 0.384 e. The van der Waals surface area contributed by atoms with E-state index in [4.69, 9.17) is 0 Å². The number of nitrogens with zero attached hydrogens (tertiary/aromatic N) is 5. The number of anilines is 2. The Kier molecular flexibility index (Phi) is 5.02. The lowest BCUT2D eigenvalue weighted by Gasteiger charge is -2.18. The monoisotopic (exact) mass is 457 g/mol. The van der Waals surface area contributed by atoms with Gasteiger partial charge in [0, 0.05) is 24.0 Å². The minimum atomic E-state index is -1.16. The lowest BCUT2D eigenvalue weighted by molar-refractivity contribution is 0.0737. The smallest absolute Gasteiger partial charge is 0.278 e. The highest BCUT2D eigenvalue weighted by molar-refractivity contribution is 5.99. The molecular weight excluding hydrogens is 434 g/mol. The van der Waals surface area contributed by atoms with E-state index in [2.05, 4.69) is 32.2 Å². The predicted octanol–water partition coefficient (Wildman–Crippen LogP) is 2.38. The molecule has 0 fully saturated rings. The van der Waals surface area contributed by atoms with Crippen LogP contribution in [0.25, 0.3) is 16.9 Å². The molecule has 0 unspecified atom stereocenters. The first-order valence-corrected chi connectivity index (χ1v) is 10.7. The van der Waals surface area contributed by atoms with Gasteiger partial charge in [-0.3, -0.25) is 9.59 Å². The van der Waals surface area contributed by atoms with Crippen molar-refractivity contribution in [3.8, 4) is 5.82 Å². The summed E-state index contributed by atoms with van der Waals surface area (Å²) < 4.78 is 3.06. The van der Waals surface area contributed by atoms with E-state index in [-0.39, 0.29) is 24.0 Å².